The van der Waals surface area contributed by atoms with E-state index in [0.29, 0.717) is 6.04 Å². The van der Waals surface area contributed by atoms with Crippen molar-refractivity contribution in [1.29, 1.82) is 0 Å². The van der Waals surface area contributed by atoms with Gasteiger partial charge in [0.15, 0.2) is 0 Å². The molecule has 0 radical (unpaired) electrons. The van der Waals surface area contributed by atoms with Gasteiger partial charge in [-0.15, -0.1) is 0 Å². The second kappa shape index (κ2) is 5.29. The van der Waals surface area contributed by atoms with E-state index in [1.54, 1.807) is 0 Å². The second-order valence-corrected chi connectivity index (χ2v) is 3.96. The Balaban J connectivity index is 2.44. The van der Waals surface area contributed by atoms with Crippen LogP contribution in [0.4, 0.5) is 0 Å². The molecule has 1 rings (SSSR count). The fourth-order valence-corrected chi connectivity index (χ4v) is 2.05. The first-order chi connectivity index (χ1) is 6.26. The van der Waals surface area contributed by atoms with Crippen molar-refractivity contribution in [3.05, 3.63) is 10.8 Å². The molecule has 0 amide bonds. The van der Waals surface area contributed by atoms with E-state index in [0.717, 1.165) is 30.2 Å². The maximum Gasteiger partial charge on any atom is 0.142 e. The molecule has 1 aromatic heterocycles. The van der Waals surface area contributed by atoms with E-state index in [-0.39, 0.29) is 0 Å². The van der Waals surface area contributed by atoms with Gasteiger partial charge in [0.1, 0.15) is 10.8 Å². The third-order valence-electron chi connectivity index (χ3n) is 1.86. The van der Waals surface area contributed by atoms with Crippen LogP contribution >= 0.6 is 11.5 Å². The first-order valence-electron chi connectivity index (χ1n) is 4.81. The molecule has 0 saturated heterocycles. The molecule has 74 valence electrons. The van der Waals surface area contributed by atoms with Crippen LogP contribution in [0.15, 0.2) is 0 Å². The Morgan fingerprint density at radius 1 is 1.46 bits per heavy atom. The first kappa shape index (κ1) is 10.6. The highest BCUT2D eigenvalue weighted by molar-refractivity contribution is 7.05. The molecule has 0 aliphatic rings. The topological polar surface area (TPSA) is 37.8 Å². The predicted octanol–water partition coefficient (Wildman–Crippen LogP) is 1.64. The predicted molar refractivity (Wildman–Crippen MR) is 56.1 cm³/mol. The van der Waals surface area contributed by atoms with E-state index in [2.05, 4.69) is 35.4 Å². The standard InChI is InChI=1S/C9H17N3S/c1-4-8-11-9(13-12-8)6-7(3)10-5-2/h7,10H,4-6H2,1-3H3. The van der Waals surface area contributed by atoms with Crippen molar-refractivity contribution in [3.8, 4) is 0 Å². The molecule has 4 heteroatoms. The lowest BCUT2D eigenvalue weighted by Crippen LogP contribution is -2.27. The monoisotopic (exact) mass is 199 g/mol. The summed E-state index contributed by atoms with van der Waals surface area (Å²) in [5, 5.41) is 4.50. The zero-order valence-electron chi connectivity index (χ0n) is 8.50. The Morgan fingerprint density at radius 2 is 2.23 bits per heavy atom. The van der Waals surface area contributed by atoms with E-state index >= 15 is 0 Å². The number of nitrogens with one attached hydrogen (secondary N) is 1. The molecular weight excluding hydrogens is 182 g/mol. The van der Waals surface area contributed by atoms with Gasteiger partial charge in [0.05, 0.1) is 0 Å². The average Bonchev–Trinajstić information content (AvgIpc) is 2.52. The van der Waals surface area contributed by atoms with Crippen molar-refractivity contribution in [2.45, 2.75) is 39.7 Å². The Bertz CT molecular complexity index is 247. The van der Waals surface area contributed by atoms with Crippen LogP contribution in [0.1, 0.15) is 31.6 Å². The molecule has 1 unspecified atom stereocenters. The number of hydrogen-bond donors (Lipinski definition) is 1. The van der Waals surface area contributed by atoms with Crippen LogP contribution < -0.4 is 5.32 Å². The van der Waals surface area contributed by atoms with Gasteiger partial charge in [-0.05, 0) is 25.0 Å². The van der Waals surface area contributed by atoms with E-state index in [1.807, 2.05) is 0 Å². The molecule has 1 heterocycles. The van der Waals surface area contributed by atoms with Gasteiger partial charge in [-0.3, -0.25) is 0 Å². The summed E-state index contributed by atoms with van der Waals surface area (Å²) in [6.07, 6.45) is 1.93. The minimum Gasteiger partial charge on any atom is -0.314 e. The number of rotatable bonds is 5. The van der Waals surface area contributed by atoms with Crippen LogP contribution in [0.25, 0.3) is 0 Å². The number of likely N-dealkylation sites (N-methyl/N-ethyl adjacent to an activating group) is 1. The van der Waals surface area contributed by atoms with Crippen LogP contribution in [0, 0.1) is 0 Å². The van der Waals surface area contributed by atoms with Crippen molar-refractivity contribution in [2.24, 2.45) is 0 Å². The van der Waals surface area contributed by atoms with Gasteiger partial charge >= 0.3 is 0 Å². The van der Waals surface area contributed by atoms with E-state index < -0.39 is 0 Å². The highest BCUT2D eigenvalue weighted by atomic mass is 32.1. The molecule has 0 fully saturated rings. The maximum absolute atomic E-state index is 4.42. The summed E-state index contributed by atoms with van der Waals surface area (Å²) in [5.41, 5.74) is 0. The van der Waals surface area contributed by atoms with Crippen LogP contribution in [0.2, 0.25) is 0 Å². The average molecular weight is 199 g/mol. The van der Waals surface area contributed by atoms with Crippen molar-refractivity contribution in [2.75, 3.05) is 6.54 Å². The molecule has 0 spiro atoms. The molecule has 1 N–H and O–H groups in total. The summed E-state index contributed by atoms with van der Waals surface area (Å²) in [5.74, 6) is 0.976. The number of nitrogens with zero attached hydrogens (tertiary/aromatic N) is 2. The summed E-state index contributed by atoms with van der Waals surface area (Å²) in [4.78, 5) is 4.42. The Morgan fingerprint density at radius 3 is 2.77 bits per heavy atom. The van der Waals surface area contributed by atoms with Crippen molar-refractivity contribution >= 4 is 11.5 Å². The SMILES string of the molecule is CCNC(C)Cc1nc(CC)ns1. The summed E-state index contributed by atoms with van der Waals surface area (Å²) >= 11 is 1.53. The van der Waals surface area contributed by atoms with Crippen LogP contribution in [0.5, 0.6) is 0 Å². The van der Waals surface area contributed by atoms with Crippen LogP contribution in [-0.2, 0) is 12.8 Å². The third-order valence-corrected chi connectivity index (χ3v) is 2.63. The summed E-state index contributed by atoms with van der Waals surface area (Å²) in [6, 6.07) is 0.502. The Hall–Kier alpha value is -0.480. The Labute approximate surface area is 83.8 Å². The highest BCUT2D eigenvalue weighted by Crippen LogP contribution is 2.07. The summed E-state index contributed by atoms with van der Waals surface area (Å²) in [7, 11) is 0. The van der Waals surface area contributed by atoms with Crippen LogP contribution in [0.3, 0.4) is 0 Å². The van der Waals surface area contributed by atoms with Gasteiger partial charge in [0.2, 0.25) is 0 Å². The van der Waals surface area contributed by atoms with E-state index in [4.69, 9.17) is 0 Å². The fourth-order valence-electron chi connectivity index (χ4n) is 1.20. The van der Waals surface area contributed by atoms with E-state index in [1.165, 1.54) is 11.5 Å². The molecule has 1 aromatic rings. The first-order valence-corrected chi connectivity index (χ1v) is 5.58. The highest BCUT2D eigenvalue weighted by Gasteiger charge is 2.06. The number of hydrogen-bond acceptors (Lipinski definition) is 4. The lowest BCUT2D eigenvalue weighted by atomic mass is 10.2. The second-order valence-electron chi connectivity index (χ2n) is 3.12. The molecule has 1 atom stereocenters. The van der Waals surface area contributed by atoms with Gasteiger partial charge in [-0.2, -0.15) is 4.37 Å². The summed E-state index contributed by atoms with van der Waals surface area (Å²) in [6.45, 7) is 7.39. The molecule has 3 nitrogen and oxygen atoms in total. The minimum absolute atomic E-state index is 0.502. The molecular formula is C9H17N3S. The van der Waals surface area contributed by atoms with Crippen molar-refractivity contribution in [1.82, 2.24) is 14.7 Å². The van der Waals surface area contributed by atoms with Crippen LogP contribution in [-0.4, -0.2) is 21.9 Å². The quantitative estimate of drug-likeness (QED) is 0.783. The van der Waals surface area contributed by atoms with Gasteiger partial charge in [0.25, 0.3) is 0 Å². The smallest absolute Gasteiger partial charge is 0.142 e. The van der Waals surface area contributed by atoms with Crippen molar-refractivity contribution in [3.63, 3.8) is 0 Å². The molecule has 0 aliphatic carbocycles. The van der Waals surface area contributed by atoms with Gasteiger partial charge in [0, 0.05) is 18.9 Å². The number of aryl methyl sites for hydroxylation is 1. The normalized spacial score (nSPS) is 13.2. The Kier molecular flexibility index (Phi) is 4.32. The minimum atomic E-state index is 0.502. The maximum atomic E-state index is 4.42. The van der Waals surface area contributed by atoms with Gasteiger partial charge < -0.3 is 5.32 Å². The fraction of sp³-hybridized carbons (Fsp3) is 0.778. The molecule has 0 bridgehead atoms. The lowest BCUT2D eigenvalue weighted by molar-refractivity contribution is 0.563. The molecule has 0 saturated carbocycles. The molecule has 13 heavy (non-hydrogen) atoms. The van der Waals surface area contributed by atoms with Gasteiger partial charge in [-0.25, -0.2) is 4.98 Å². The molecule has 0 aliphatic heterocycles. The third kappa shape index (κ3) is 3.40. The summed E-state index contributed by atoms with van der Waals surface area (Å²) < 4.78 is 4.25. The molecule has 0 aromatic carbocycles. The lowest BCUT2D eigenvalue weighted by Gasteiger charge is -2.08. The zero-order valence-corrected chi connectivity index (χ0v) is 9.32. The van der Waals surface area contributed by atoms with E-state index in [9.17, 15) is 0 Å². The zero-order chi connectivity index (χ0) is 9.68. The largest absolute Gasteiger partial charge is 0.314 e. The van der Waals surface area contributed by atoms with Gasteiger partial charge in [-0.1, -0.05) is 13.8 Å². The van der Waals surface area contributed by atoms with Crippen molar-refractivity contribution < 1.29 is 0 Å². The number of aromatic nitrogens is 2.